The van der Waals surface area contributed by atoms with Crippen LogP contribution in [-0.4, -0.2) is 49.6 Å². The zero-order chi connectivity index (χ0) is 11.3. The minimum Gasteiger partial charge on any atom is -0.353 e. The molecule has 1 unspecified atom stereocenters. The smallest absolute Gasteiger partial charge is 0.315 e. The van der Waals surface area contributed by atoms with Gasteiger partial charge in [0.2, 0.25) is 5.91 Å². The number of hydrogen-bond donors (Lipinski definition) is 3. The van der Waals surface area contributed by atoms with E-state index in [9.17, 15) is 9.59 Å². The minimum atomic E-state index is -0.402. The molecular formula is C9H18N4O2. The summed E-state index contributed by atoms with van der Waals surface area (Å²) in [4.78, 5) is 23.8. The van der Waals surface area contributed by atoms with Crippen LogP contribution in [0.25, 0.3) is 0 Å². The fourth-order valence-electron chi connectivity index (χ4n) is 1.79. The first kappa shape index (κ1) is 11.8. The Hall–Kier alpha value is -1.30. The van der Waals surface area contributed by atoms with Gasteiger partial charge in [-0.05, 0) is 19.9 Å². The molecule has 0 aliphatic carbocycles. The van der Waals surface area contributed by atoms with Crippen molar-refractivity contribution in [3.8, 4) is 0 Å². The molecule has 0 aromatic heterocycles. The molecule has 1 heterocycles. The summed E-state index contributed by atoms with van der Waals surface area (Å²) in [5, 5.41) is 5.52. The number of likely N-dealkylation sites (N-methyl/N-ethyl adjacent to an activating group) is 1. The van der Waals surface area contributed by atoms with E-state index in [1.165, 1.54) is 0 Å². The lowest BCUT2D eigenvalue weighted by atomic mass is 10.2. The number of primary amides is 1. The second-order valence-corrected chi connectivity index (χ2v) is 3.66. The summed E-state index contributed by atoms with van der Waals surface area (Å²) in [5.41, 5.74) is 5.22. The van der Waals surface area contributed by atoms with Crippen LogP contribution in [-0.2, 0) is 4.79 Å². The zero-order valence-electron chi connectivity index (χ0n) is 8.95. The molecule has 6 heteroatoms. The maximum atomic E-state index is 11.2. The second kappa shape index (κ2) is 5.55. The molecule has 15 heavy (non-hydrogen) atoms. The van der Waals surface area contributed by atoms with E-state index in [-0.39, 0.29) is 11.9 Å². The van der Waals surface area contributed by atoms with Crippen molar-refractivity contribution >= 4 is 11.9 Å². The standard InChI is InChI=1S/C9H18N4O2/c1-11-6-8(14)12-5-7-3-2-4-13(7)9(10)15/h7,11H,2-6H2,1H3,(H2,10,15)(H,12,14). The topological polar surface area (TPSA) is 87.5 Å². The number of nitrogens with zero attached hydrogens (tertiary/aromatic N) is 1. The number of carbonyl (C=O) groups is 2. The molecule has 1 fully saturated rings. The summed E-state index contributed by atoms with van der Waals surface area (Å²) in [7, 11) is 1.71. The van der Waals surface area contributed by atoms with E-state index in [4.69, 9.17) is 5.73 Å². The molecule has 4 N–H and O–H groups in total. The van der Waals surface area contributed by atoms with Gasteiger partial charge in [0.1, 0.15) is 0 Å². The Labute approximate surface area is 89.2 Å². The molecule has 1 aliphatic rings. The summed E-state index contributed by atoms with van der Waals surface area (Å²) in [6.07, 6.45) is 1.86. The van der Waals surface area contributed by atoms with Gasteiger partial charge in [0, 0.05) is 13.1 Å². The van der Waals surface area contributed by atoms with Crippen molar-refractivity contribution in [2.45, 2.75) is 18.9 Å². The van der Waals surface area contributed by atoms with Crippen LogP contribution < -0.4 is 16.4 Å². The number of amides is 3. The Morgan fingerprint density at radius 2 is 2.27 bits per heavy atom. The van der Waals surface area contributed by atoms with E-state index < -0.39 is 6.03 Å². The van der Waals surface area contributed by atoms with Crippen molar-refractivity contribution < 1.29 is 9.59 Å². The summed E-state index contributed by atoms with van der Waals surface area (Å²) in [5.74, 6) is -0.0613. The van der Waals surface area contributed by atoms with Gasteiger partial charge < -0.3 is 21.3 Å². The Balaban J connectivity index is 2.31. The molecule has 0 spiro atoms. The summed E-state index contributed by atoms with van der Waals surface area (Å²) >= 11 is 0. The van der Waals surface area contributed by atoms with Crippen LogP contribution in [0.1, 0.15) is 12.8 Å². The van der Waals surface area contributed by atoms with Crippen molar-refractivity contribution in [3.05, 3.63) is 0 Å². The molecule has 0 radical (unpaired) electrons. The molecule has 1 saturated heterocycles. The molecule has 3 amide bonds. The summed E-state index contributed by atoms with van der Waals surface area (Å²) < 4.78 is 0. The molecule has 1 rings (SSSR count). The quantitative estimate of drug-likeness (QED) is 0.553. The average molecular weight is 214 g/mol. The largest absolute Gasteiger partial charge is 0.353 e. The highest BCUT2D eigenvalue weighted by molar-refractivity contribution is 5.78. The van der Waals surface area contributed by atoms with Gasteiger partial charge in [0.05, 0.1) is 12.6 Å². The number of carbonyl (C=O) groups excluding carboxylic acids is 2. The molecule has 0 saturated carbocycles. The van der Waals surface area contributed by atoms with E-state index in [0.717, 1.165) is 12.8 Å². The fraction of sp³-hybridized carbons (Fsp3) is 0.778. The highest BCUT2D eigenvalue weighted by atomic mass is 16.2. The normalized spacial score (nSPS) is 20.3. The number of nitrogens with one attached hydrogen (secondary N) is 2. The predicted molar refractivity (Wildman–Crippen MR) is 56.2 cm³/mol. The van der Waals surface area contributed by atoms with Crippen molar-refractivity contribution in [3.63, 3.8) is 0 Å². The Morgan fingerprint density at radius 1 is 1.53 bits per heavy atom. The predicted octanol–water partition coefficient (Wildman–Crippen LogP) is -1.13. The van der Waals surface area contributed by atoms with Crippen LogP contribution >= 0.6 is 0 Å². The third-order valence-corrected chi connectivity index (χ3v) is 2.53. The lowest BCUT2D eigenvalue weighted by molar-refractivity contribution is -0.120. The van der Waals surface area contributed by atoms with Crippen LogP contribution in [0.15, 0.2) is 0 Å². The van der Waals surface area contributed by atoms with Gasteiger partial charge in [-0.1, -0.05) is 0 Å². The third kappa shape index (κ3) is 3.39. The summed E-state index contributed by atoms with van der Waals surface area (Å²) in [6.45, 7) is 1.48. The number of rotatable bonds is 4. The molecule has 6 nitrogen and oxygen atoms in total. The van der Waals surface area contributed by atoms with Crippen molar-refractivity contribution in [1.82, 2.24) is 15.5 Å². The van der Waals surface area contributed by atoms with Crippen molar-refractivity contribution in [2.75, 3.05) is 26.7 Å². The molecule has 1 aliphatic heterocycles. The van der Waals surface area contributed by atoms with E-state index >= 15 is 0 Å². The SMILES string of the molecule is CNCC(=O)NCC1CCCN1C(N)=O. The lowest BCUT2D eigenvalue weighted by Gasteiger charge is -2.22. The highest BCUT2D eigenvalue weighted by Crippen LogP contribution is 2.15. The van der Waals surface area contributed by atoms with Crippen LogP contribution in [0.4, 0.5) is 4.79 Å². The Morgan fingerprint density at radius 3 is 2.87 bits per heavy atom. The second-order valence-electron chi connectivity index (χ2n) is 3.66. The van der Waals surface area contributed by atoms with E-state index in [1.807, 2.05) is 0 Å². The maximum absolute atomic E-state index is 11.2. The van der Waals surface area contributed by atoms with Gasteiger partial charge in [-0.2, -0.15) is 0 Å². The number of nitrogens with two attached hydrogens (primary N) is 1. The van der Waals surface area contributed by atoms with E-state index in [2.05, 4.69) is 10.6 Å². The number of likely N-dealkylation sites (tertiary alicyclic amines) is 1. The van der Waals surface area contributed by atoms with Gasteiger partial charge >= 0.3 is 6.03 Å². The fourth-order valence-corrected chi connectivity index (χ4v) is 1.79. The first-order valence-electron chi connectivity index (χ1n) is 5.12. The zero-order valence-corrected chi connectivity index (χ0v) is 8.95. The first-order valence-corrected chi connectivity index (χ1v) is 5.12. The molecule has 0 aromatic carbocycles. The first-order chi connectivity index (χ1) is 7.15. The lowest BCUT2D eigenvalue weighted by Crippen LogP contribution is -2.46. The molecular weight excluding hydrogens is 196 g/mol. The maximum Gasteiger partial charge on any atom is 0.315 e. The number of hydrogen-bond acceptors (Lipinski definition) is 3. The van der Waals surface area contributed by atoms with Gasteiger partial charge in [0.25, 0.3) is 0 Å². The monoisotopic (exact) mass is 214 g/mol. The van der Waals surface area contributed by atoms with Gasteiger partial charge in [-0.25, -0.2) is 4.79 Å². The van der Waals surface area contributed by atoms with Crippen LogP contribution in [0, 0.1) is 0 Å². The van der Waals surface area contributed by atoms with E-state index in [1.54, 1.807) is 11.9 Å². The highest BCUT2D eigenvalue weighted by Gasteiger charge is 2.26. The number of urea groups is 1. The van der Waals surface area contributed by atoms with Crippen molar-refractivity contribution in [1.29, 1.82) is 0 Å². The van der Waals surface area contributed by atoms with Crippen molar-refractivity contribution in [2.24, 2.45) is 5.73 Å². The van der Waals surface area contributed by atoms with Gasteiger partial charge in [0.15, 0.2) is 0 Å². The van der Waals surface area contributed by atoms with Gasteiger partial charge in [-0.3, -0.25) is 4.79 Å². The van der Waals surface area contributed by atoms with Crippen LogP contribution in [0.2, 0.25) is 0 Å². The molecule has 1 atom stereocenters. The minimum absolute atomic E-state index is 0.0586. The Bertz CT molecular complexity index is 244. The Kier molecular flexibility index (Phi) is 4.36. The average Bonchev–Trinajstić information content (AvgIpc) is 2.63. The van der Waals surface area contributed by atoms with Crippen LogP contribution in [0.3, 0.4) is 0 Å². The van der Waals surface area contributed by atoms with Gasteiger partial charge in [-0.15, -0.1) is 0 Å². The summed E-state index contributed by atoms with van der Waals surface area (Å²) in [6, 6.07) is -0.344. The molecule has 86 valence electrons. The molecule has 0 bridgehead atoms. The van der Waals surface area contributed by atoms with Crippen LogP contribution in [0.5, 0.6) is 0 Å². The van der Waals surface area contributed by atoms with E-state index in [0.29, 0.717) is 19.6 Å². The third-order valence-electron chi connectivity index (χ3n) is 2.53. The molecule has 0 aromatic rings.